The van der Waals surface area contributed by atoms with E-state index in [-0.39, 0.29) is 0 Å². The van der Waals surface area contributed by atoms with Gasteiger partial charge in [0, 0.05) is 16.3 Å². The van der Waals surface area contributed by atoms with Crippen molar-refractivity contribution in [2.45, 2.75) is 26.9 Å². The highest BCUT2D eigenvalue weighted by Gasteiger charge is 2.06. The van der Waals surface area contributed by atoms with E-state index in [1.54, 1.807) is 0 Å². The molecule has 2 heterocycles. The first-order valence-electron chi connectivity index (χ1n) is 7.00. The van der Waals surface area contributed by atoms with Crippen LogP contribution in [0.5, 0.6) is 0 Å². The second-order valence-corrected chi connectivity index (χ2v) is 6.15. The lowest BCUT2D eigenvalue weighted by molar-refractivity contribution is 0.449. The highest BCUT2D eigenvalue weighted by atomic mass is 32.1. The van der Waals surface area contributed by atoms with E-state index in [1.807, 2.05) is 31.3 Å². The second-order valence-electron chi connectivity index (χ2n) is 4.98. The number of aryl methyl sites for hydroxylation is 2. The molecule has 0 aliphatic heterocycles. The zero-order chi connectivity index (χ0) is 14.7. The molecule has 3 aromatic rings. The maximum absolute atomic E-state index is 5.56. The third-order valence-corrected chi connectivity index (χ3v) is 4.50. The van der Waals surface area contributed by atoms with Crippen molar-refractivity contribution in [2.75, 3.05) is 0 Å². The number of nitrogens with one attached hydrogen (secondary N) is 1. The fourth-order valence-electron chi connectivity index (χ4n) is 2.14. The van der Waals surface area contributed by atoms with E-state index >= 15 is 0 Å². The van der Waals surface area contributed by atoms with Gasteiger partial charge in [-0.3, -0.25) is 0 Å². The van der Waals surface area contributed by atoms with E-state index in [1.165, 1.54) is 15.3 Å². The Bertz CT molecular complexity index is 696. The first-order valence-corrected chi connectivity index (χ1v) is 7.82. The van der Waals surface area contributed by atoms with Gasteiger partial charge in [0.05, 0.1) is 12.2 Å². The normalized spacial score (nSPS) is 11.0. The van der Waals surface area contributed by atoms with Crippen LogP contribution >= 0.6 is 11.3 Å². The van der Waals surface area contributed by atoms with Crippen LogP contribution in [0, 0.1) is 13.8 Å². The fraction of sp³-hybridized carbons (Fsp3) is 0.235. The average Bonchev–Trinajstić information content (AvgIpc) is 3.08. The summed E-state index contributed by atoms with van der Waals surface area (Å²) in [5, 5.41) is 3.38. The Hall–Kier alpha value is -1.91. The van der Waals surface area contributed by atoms with Gasteiger partial charge in [-0.05, 0) is 31.5 Å². The van der Waals surface area contributed by atoms with Gasteiger partial charge in [-0.15, -0.1) is 11.3 Å². The van der Waals surface area contributed by atoms with Crippen molar-refractivity contribution in [2.24, 2.45) is 0 Å². The zero-order valence-corrected chi connectivity index (χ0v) is 13.0. The molecule has 108 valence electrons. The molecule has 3 nitrogen and oxygen atoms in total. The summed E-state index contributed by atoms with van der Waals surface area (Å²) in [4.78, 5) is 6.98. The number of rotatable bonds is 5. The van der Waals surface area contributed by atoms with E-state index in [0.29, 0.717) is 6.54 Å². The van der Waals surface area contributed by atoms with E-state index in [4.69, 9.17) is 4.42 Å². The van der Waals surface area contributed by atoms with Gasteiger partial charge in [0.25, 0.3) is 0 Å². The van der Waals surface area contributed by atoms with Crippen molar-refractivity contribution in [3.8, 4) is 10.4 Å². The first-order chi connectivity index (χ1) is 10.2. The number of aromatic nitrogens is 1. The molecule has 1 N–H and O–H groups in total. The summed E-state index contributed by atoms with van der Waals surface area (Å²) in [5.41, 5.74) is 2.24. The van der Waals surface area contributed by atoms with Crippen molar-refractivity contribution in [3.05, 3.63) is 64.7 Å². The van der Waals surface area contributed by atoms with E-state index < -0.39 is 0 Å². The monoisotopic (exact) mass is 298 g/mol. The number of oxazole rings is 1. The SMILES string of the molecule is Cc1nc(CNCc2ccc(-c3ccccc3)s2)oc1C. The fourth-order valence-corrected chi connectivity index (χ4v) is 3.12. The van der Waals surface area contributed by atoms with E-state index in [9.17, 15) is 0 Å². The maximum Gasteiger partial charge on any atom is 0.208 e. The Morgan fingerprint density at radius 2 is 1.86 bits per heavy atom. The number of benzene rings is 1. The molecule has 4 heteroatoms. The predicted molar refractivity (Wildman–Crippen MR) is 86.3 cm³/mol. The van der Waals surface area contributed by atoms with Gasteiger partial charge in [0.2, 0.25) is 5.89 Å². The molecule has 0 radical (unpaired) electrons. The molecule has 0 amide bonds. The Labute approximate surface area is 128 Å². The topological polar surface area (TPSA) is 38.1 Å². The van der Waals surface area contributed by atoms with Gasteiger partial charge in [0.15, 0.2) is 0 Å². The average molecular weight is 298 g/mol. The molecule has 0 aliphatic rings. The van der Waals surface area contributed by atoms with Crippen molar-refractivity contribution in [1.29, 1.82) is 0 Å². The first kappa shape index (κ1) is 14.0. The van der Waals surface area contributed by atoms with Crippen LogP contribution in [0.25, 0.3) is 10.4 Å². The van der Waals surface area contributed by atoms with Crippen LogP contribution < -0.4 is 5.32 Å². The molecule has 0 bridgehead atoms. The van der Waals surface area contributed by atoms with Crippen LogP contribution in [0.4, 0.5) is 0 Å². The van der Waals surface area contributed by atoms with Crippen LogP contribution in [0.1, 0.15) is 22.2 Å². The molecule has 0 fully saturated rings. The van der Waals surface area contributed by atoms with Gasteiger partial charge < -0.3 is 9.73 Å². The van der Waals surface area contributed by atoms with Gasteiger partial charge >= 0.3 is 0 Å². The molecule has 3 rings (SSSR count). The van der Waals surface area contributed by atoms with E-state index in [0.717, 1.165) is 23.9 Å². The third-order valence-electron chi connectivity index (χ3n) is 3.37. The minimum Gasteiger partial charge on any atom is -0.444 e. The Balaban J connectivity index is 1.58. The Morgan fingerprint density at radius 3 is 2.57 bits per heavy atom. The van der Waals surface area contributed by atoms with Gasteiger partial charge in [-0.2, -0.15) is 0 Å². The maximum atomic E-state index is 5.56. The van der Waals surface area contributed by atoms with Crippen molar-refractivity contribution < 1.29 is 4.42 Å². The summed E-state index contributed by atoms with van der Waals surface area (Å²) >= 11 is 1.82. The summed E-state index contributed by atoms with van der Waals surface area (Å²) in [6.07, 6.45) is 0. The van der Waals surface area contributed by atoms with E-state index in [2.05, 4.69) is 46.7 Å². The van der Waals surface area contributed by atoms with Crippen molar-refractivity contribution in [1.82, 2.24) is 10.3 Å². The molecule has 21 heavy (non-hydrogen) atoms. The summed E-state index contributed by atoms with van der Waals surface area (Å²) < 4.78 is 5.56. The number of hydrogen-bond donors (Lipinski definition) is 1. The lowest BCUT2D eigenvalue weighted by Gasteiger charge is -1.99. The van der Waals surface area contributed by atoms with Crippen LogP contribution in [-0.4, -0.2) is 4.98 Å². The number of nitrogens with zero attached hydrogens (tertiary/aromatic N) is 1. The molecule has 0 saturated heterocycles. The minimum atomic E-state index is 0.660. The molecular formula is C17H18N2OS. The minimum absolute atomic E-state index is 0.660. The van der Waals surface area contributed by atoms with Crippen LogP contribution in [-0.2, 0) is 13.1 Å². The predicted octanol–water partition coefficient (Wildman–Crippen LogP) is 4.31. The molecule has 2 aromatic heterocycles. The van der Waals surface area contributed by atoms with Gasteiger partial charge in [0.1, 0.15) is 5.76 Å². The largest absolute Gasteiger partial charge is 0.444 e. The molecule has 0 unspecified atom stereocenters. The van der Waals surface area contributed by atoms with Crippen molar-refractivity contribution >= 4 is 11.3 Å². The Kier molecular flexibility index (Phi) is 4.18. The number of hydrogen-bond acceptors (Lipinski definition) is 4. The molecule has 1 aromatic carbocycles. The summed E-state index contributed by atoms with van der Waals surface area (Å²) in [5.74, 6) is 1.65. The standard InChI is InChI=1S/C17H18N2OS/c1-12-13(2)20-17(19-12)11-18-10-15-8-9-16(21-15)14-6-4-3-5-7-14/h3-9,18H,10-11H2,1-2H3. The molecule has 0 saturated carbocycles. The highest BCUT2D eigenvalue weighted by molar-refractivity contribution is 7.15. The molecule has 0 atom stereocenters. The van der Waals surface area contributed by atoms with Crippen LogP contribution in [0.15, 0.2) is 46.9 Å². The quantitative estimate of drug-likeness (QED) is 0.762. The summed E-state index contributed by atoms with van der Waals surface area (Å²) in [6, 6.07) is 14.8. The second kappa shape index (κ2) is 6.24. The van der Waals surface area contributed by atoms with Gasteiger partial charge in [-0.25, -0.2) is 4.98 Å². The van der Waals surface area contributed by atoms with Crippen LogP contribution in [0.3, 0.4) is 0 Å². The highest BCUT2D eigenvalue weighted by Crippen LogP contribution is 2.27. The summed E-state index contributed by atoms with van der Waals surface area (Å²) in [6.45, 7) is 5.40. The lowest BCUT2D eigenvalue weighted by atomic mass is 10.2. The molecule has 0 spiro atoms. The zero-order valence-electron chi connectivity index (χ0n) is 12.2. The number of thiophene rings is 1. The Morgan fingerprint density at radius 1 is 1.05 bits per heavy atom. The van der Waals surface area contributed by atoms with Crippen LogP contribution in [0.2, 0.25) is 0 Å². The molecule has 0 aliphatic carbocycles. The van der Waals surface area contributed by atoms with Crippen molar-refractivity contribution in [3.63, 3.8) is 0 Å². The smallest absolute Gasteiger partial charge is 0.208 e. The molecular weight excluding hydrogens is 280 g/mol. The third kappa shape index (κ3) is 3.40. The lowest BCUT2D eigenvalue weighted by Crippen LogP contribution is -2.11. The summed E-state index contributed by atoms with van der Waals surface area (Å²) in [7, 11) is 0. The van der Waals surface area contributed by atoms with Gasteiger partial charge in [-0.1, -0.05) is 30.3 Å².